The molecule has 2 fully saturated rings. The summed E-state index contributed by atoms with van der Waals surface area (Å²) < 4.78 is 11.5. The van der Waals surface area contributed by atoms with Gasteiger partial charge in [-0.1, -0.05) is 29.8 Å². The number of primary amides is 2. The molecule has 17 nitrogen and oxygen atoms in total. The Morgan fingerprint density at radius 1 is 0.965 bits per heavy atom. The van der Waals surface area contributed by atoms with Crippen molar-refractivity contribution >= 4 is 70.9 Å². The monoisotopic (exact) mass is 827 g/mol. The van der Waals surface area contributed by atoms with Crippen LogP contribution >= 0.6 is 19.2 Å². The number of carbonyl (C=O) groups is 7. The molecule has 0 spiro atoms. The molecule has 0 saturated carbocycles. The first kappa shape index (κ1) is 43.2. The first-order chi connectivity index (χ1) is 26.9. The van der Waals surface area contributed by atoms with Crippen LogP contribution in [0.3, 0.4) is 0 Å². The number of hydrogen-bond donors (Lipinski definition) is 6. The Kier molecular flexibility index (Phi) is 14.1. The third-order valence-electron chi connectivity index (χ3n) is 10.5. The molecule has 2 aliphatic heterocycles. The van der Waals surface area contributed by atoms with Crippen LogP contribution in [0.4, 0.5) is 0 Å². The average Bonchev–Trinajstić information content (AvgIpc) is 3.77. The molecule has 0 bridgehead atoms. The van der Waals surface area contributed by atoms with Crippen molar-refractivity contribution in [2.75, 3.05) is 32.7 Å². The molecule has 3 atom stereocenters. The third-order valence-corrected chi connectivity index (χ3v) is 11.7. The highest BCUT2D eigenvalue weighted by molar-refractivity contribution is 7.70. The molecule has 5 amide bonds. The quantitative estimate of drug-likeness (QED) is 0.107. The number of nitrogens with zero attached hydrogens (tertiary/aromatic N) is 3. The molecule has 3 aromatic rings. The lowest BCUT2D eigenvalue weighted by Gasteiger charge is -2.38. The van der Waals surface area contributed by atoms with E-state index in [0.717, 1.165) is 11.1 Å². The van der Waals surface area contributed by atoms with Gasteiger partial charge in [-0.15, -0.1) is 0 Å². The number of amides is 5. The van der Waals surface area contributed by atoms with Crippen molar-refractivity contribution < 1.29 is 47.9 Å². The molecule has 2 saturated heterocycles. The summed E-state index contributed by atoms with van der Waals surface area (Å²) in [5.41, 5.74) is 11.2. The lowest BCUT2D eigenvalue weighted by atomic mass is 10.0. The van der Waals surface area contributed by atoms with Gasteiger partial charge in [-0.3, -0.25) is 43.0 Å². The Hall–Kier alpha value is -4.93. The molecule has 2 aromatic carbocycles. The number of H-pyrrole nitrogens is 1. The zero-order valence-corrected chi connectivity index (χ0v) is 33.1. The van der Waals surface area contributed by atoms with E-state index in [9.17, 15) is 47.9 Å². The number of Topliss-reactive ketones (excluding diaryl/α,β-unsaturated/α-hetero) is 1. The minimum atomic E-state index is -5.05. The highest BCUT2D eigenvalue weighted by Gasteiger charge is 2.45. The number of nitrogens with two attached hydrogens (primary N) is 2. The van der Waals surface area contributed by atoms with Gasteiger partial charge in [0.25, 0.3) is 11.4 Å². The molecule has 19 heteroatoms. The molecule has 5 rings (SSSR count). The molecule has 2 aliphatic rings. The van der Waals surface area contributed by atoms with Gasteiger partial charge in [0.15, 0.2) is 5.78 Å². The van der Waals surface area contributed by atoms with E-state index in [1.54, 1.807) is 4.90 Å². The summed E-state index contributed by atoms with van der Waals surface area (Å²) in [5, 5.41) is 3.58. The Bertz CT molecular complexity index is 2120. The summed E-state index contributed by atoms with van der Waals surface area (Å²) in [7, 11) is -5.05. The molecular weight excluding hydrogens is 781 g/mol. The highest BCUT2D eigenvalue weighted by atomic mass is 35.5. The minimum Gasteiger partial charge on any atom is -0.370 e. The molecule has 0 aliphatic carbocycles. The molecule has 2 unspecified atom stereocenters. The van der Waals surface area contributed by atoms with Crippen LogP contribution in [0.5, 0.6) is 0 Å². The number of aromatic nitrogens is 1. The maximum Gasteiger partial charge on any atom is 0.396 e. The molecule has 8 N–H and O–H groups in total. The van der Waals surface area contributed by atoms with Crippen molar-refractivity contribution in [2.45, 2.75) is 76.4 Å². The number of aromatic amines is 1. The van der Waals surface area contributed by atoms with Gasteiger partial charge in [0.1, 0.15) is 11.7 Å². The SMILES string of the molecule is CC(=O)N1CC[C@H]2CCC(C(=O)CN(CCC(N)=O)CCc3cccc(CCCC(N)=O)c3Cl)N2C(=O)C(NC(=O)c2cc3cc(C(=O)P(=O)(O)O)ccc3[nH]2)C1. The van der Waals surface area contributed by atoms with Crippen LogP contribution in [0, 0.1) is 0 Å². The standard InChI is InChI=1S/C38H47ClN7O10P/c1-22(47)45-17-13-27-9-11-31(32(48)21-44(16-14-34(41)50)15-12-24-5-2-4-23(35(24)39)6-3-7-33(40)49)46(27)37(52)30(20-45)43-36(51)29-19-26-18-25(8-10-28(26)42-29)38(53)57(54,55)56/h2,4-5,8,10,18-19,27,30-31,42H,3,6-7,9,11-17,20-21H2,1H3,(H2,40,49)(H2,41,50)(H,43,51)(H2,54,55,56)/t27-,30?,31?/m1/s1. The zero-order valence-electron chi connectivity index (χ0n) is 31.4. The second kappa shape index (κ2) is 18.6. The second-order valence-electron chi connectivity index (χ2n) is 14.5. The number of carbonyl (C=O) groups excluding carboxylic acids is 7. The van der Waals surface area contributed by atoms with E-state index in [4.69, 9.17) is 23.1 Å². The van der Waals surface area contributed by atoms with Gasteiger partial charge >= 0.3 is 7.60 Å². The van der Waals surface area contributed by atoms with Gasteiger partial charge in [-0.2, -0.15) is 0 Å². The van der Waals surface area contributed by atoms with Crippen molar-refractivity contribution in [3.63, 3.8) is 0 Å². The van der Waals surface area contributed by atoms with Crippen LogP contribution in [0.15, 0.2) is 42.5 Å². The number of hydrogen-bond acceptors (Lipinski definition) is 9. The van der Waals surface area contributed by atoms with Crippen LogP contribution in [0.25, 0.3) is 10.9 Å². The summed E-state index contributed by atoms with van der Waals surface area (Å²) >= 11 is 6.72. The molecular formula is C38H47ClN7O10P. The molecule has 57 heavy (non-hydrogen) atoms. The summed E-state index contributed by atoms with van der Waals surface area (Å²) in [6.07, 6.45) is 3.04. The summed E-state index contributed by atoms with van der Waals surface area (Å²) in [4.78, 5) is 116. The van der Waals surface area contributed by atoms with Gasteiger partial charge in [0, 0.05) is 73.5 Å². The van der Waals surface area contributed by atoms with Crippen molar-refractivity contribution in [2.24, 2.45) is 11.5 Å². The van der Waals surface area contributed by atoms with Crippen LogP contribution in [0.2, 0.25) is 5.02 Å². The van der Waals surface area contributed by atoms with E-state index < -0.39 is 48.8 Å². The van der Waals surface area contributed by atoms with Crippen LogP contribution < -0.4 is 16.8 Å². The fourth-order valence-corrected chi connectivity index (χ4v) is 8.28. The highest BCUT2D eigenvalue weighted by Crippen LogP contribution is 2.39. The largest absolute Gasteiger partial charge is 0.396 e. The fraction of sp³-hybridized carbons (Fsp3) is 0.447. The van der Waals surface area contributed by atoms with Crippen LogP contribution in [0.1, 0.15) is 77.4 Å². The van der Waals surface area contributed by atoms with E-state index in [1.165, 1.54) is 41.0 Å². The van der Waals surface area contributed by atoms with Gasteiger partial charge in [-0.25, -0.2) is 0 Å². The van der Waals surface area contributed by atoms with Gasteiger partial charge in [0.05, 0.1) is 12.6 Å². The molecule has 0 radical (unpaired) electrons. The van der Waals surface area contributed by atoms with Crippen molar-refractivity contribution in [1.82, 2.24) is 25.0 Å². The van der Waals surface area contributed by atoms with Gasteiger partial charge < -0.3 is 41.4 Å². The number of benzene rings is 2. The maximum absolute atomic E-state index is 14.4. The number of halogens is 1. The van der Waals surface area contributed by atoms with E-state index in [1.807, 2.05) is 18.2 Å². The number of ketones is 1. The normalized spacial score (nSPS) is 18.6. The predicted molar refractivity (Wildman–Crippen MR) is 209 cm³/mol. The summed E-state index contributed by atoms with van der Waals surface area (Å²) in [5.74, 6) is -2.75. The van der Waals surface area contributed by atoms with Crippen LogP contribution in [-0.2, 0) is 41.4 Å². The zero-order chi connectivity index (χ0) is 41.6. The number of rotatable bonds is 17. The number of aryl methyl sites for hydroxylation is 1. The Morgan fingerprint density at radius 3 is 2.33 bits per heavy atom. The van der Waals surface area contributed by atoms with Crippen molar-refractivity contribution in [3.8, 4) is 0 Å². The second-order valence-corrected chi connectivity index (χ2v) is 16.4. The maximum atomic E-state index is 14.4. The summed E-state index contributed by atoms with van der Waals surface area (Å²) in [6, 6.07) is 8.36. The minimum absolute atomic E-state index is 0.00581. The third kappa shape index (κ3) is 10.9. The molecule has 306 valence electrons. The smallest absolute Gasteiger partial charge is 0.370 e. The van der Waals surface area contributed by atoms with E-state index >= 15 is 0 Å². The number of fused-ring (bicyclic) bond motifs is 2. The predicted octanol–water partition coefficient (Wildman–Crippen LogP) is 1.65. The lowest BCUT2D eigenvalue weighted by Crippen LogP contribution is -2.60. The van der Waals surface area contributed by atoms with Crippen molar-refractivity contribution in [1.29, 1.82) is 0 Å². The molecule has 3 heterocycles. The Morgan fingerprint density at radius 2 is 1.67 bits per heavy atom. The summed E-state index contributed by atoms with van der Waals surface area (Å²) in [6.45, 7) is 1.94. The Balaban J connectivity index is 1.33. The van der Waals surface area contributed by atoms with Crippen molar-refractivity contribution in [3.05, 3.63) is 69.9 Å². The van der Waals surface area contributed by atoms with Gasteiger partial charge in [0.2, 0.25) is 23.6 Å². The first-order valence-electron chi connectivity index (χ1n) is 18.6. The molecule has 1 aromatic heterocycles. The fourth-order valence-electron chi connectivity index (χ4n) is 7.49. The Labute approximate surface area is 333 Å². The first-order valence-corrected chi connectivity index (χ1v) is 20.6. The number of nitrogens with one attached hydrogen (secondary N) is 2. The van der Waals surface area contributed by atoms with E-state index in [2.05, 4.69) is 10.3 Å². The topological polar surface area (TPSA) is 267 Å². The average molecular weight is 828 g/mol. The van der Waals surface area contributed by atoms with E-state index in [0.29, 0.717) is 61.0 Å². The van der Waals surface area contributed by atoms with E-state index in [-0.39, 0.29) is 68.0 Å². The van der Waals surface area contributed by atoms with Crippen LogP contribution in [-0.4, -0.2) is 121 Å². The lowest BCUT2D eigenvalue weighted by molar-refractivity contribution is -0.144. The van der Waals surface area contributed by atoms with Gasteiger partial charge in [-0.05, 0) is 73.9 Å².